The molecule has 3 aromatic rings. The zero-order valence-corrected chi connectivity index (χ0v) is 20.9. The molecule has 1 aliphatic heterocycles. The lowest BCUT2D eigenvalue weighted by molar-refractivity contribution is -0.138. The minimum absolute atomic E-state index is 0.454. The van der Waals surface area contributed by atoms with Crippen molar-refractivity contribution in [1.29, 1.82) is 0 Å². The topological polar surface area (TPSA) is 113 Å². The predicted molar refractivity (Wildman–Crippen MR) is 142 cm³/mol. The third kappa shape index (κ3) is 7.11. The van der Waals surface area contributed by atoms with Gasteiger partial charge in [-0.1, -0.05) is 18.2 Å². The lowest BCUT2D eigenvalue weighted by Gasteiger charge is -2.24. The van der Waals surface area contributed by atoms with Crippen LogP contribution in [0.25, 0.3) is 10.9 Å². The van der Waals surface area contributed by atoms with Gasteiger partial charge in [0.1, 0.15) is 24.0 Å². The fourth-order valence-electron chi connectivity index (χ4n) is 4.56. The molecule has 1 unspecified atom stereocenters. The van der Waals surface area contributed by atoms with Gasteiger partial charge in [-0.2, -0.15) is 0 Å². The number of pyridine rings is 1. The van der Waals surface area contributed by atoms with Crippen molar-refractivity contribution in [2.24, 2.45) is 0 Å². The molecule has 1 atom stereocenters. The predicted octanol–water partition coefficient (Wildman–Crippen LogP) is 3.61. The van der Waals surface area contributed by atoms with Gasteiger partial charge < -0.3 is 25.4 Å². The van der Waals surface area contributed by atoms with Crippen LogP contribution in [0.4, 0.5) is 11.6 Å². The van der Waals surface area contributed by atoms with Gasteiger partial charge in [0.2, 0.25) is 0 Å². The lowest BCUT2D eigenvalue weighted by Crippen LogP contribution is -2.37. The molecule has 0 saturated heterocycles. The van der Waals surface area contributed by atoms with Crippen LogP contribution < -0.4 is 10.6 Å². The number of methoxy groups -OCH3 is 1. The summed E-state index contributed by atoms with van der Waals surface area (Å²) in [5.41, 5.74) is 3.22. The first-order valence-electron chi connectivity index (χ1n) is 12.8. The average molecular weight is 493 g/mol. The molecule has 1 aromatic carbocycles. The van der Waals surface area contributed by atoms with E-state index in [0.717, 1.165) is 67.7 Å². The van der Waals surface area contributed by atoms with Crippen LogP contribution in [0.3, 0.4) is 0 Å². The highest BCUT2D eigenvalue weighted by Gasteiger charge is 2.20. The SMILES string of the molecule is COCCN(CCCCc1ccc2c(n1)NCCC2)CCC(Nc1ncnc2ccccc12)C(=O)O. The summed E-state index contributed by atoms with van der Waals surface area (Å²) in [6, 6.07) is 11.2. The molecule has 0 radical (unpaired) electrons. The van der Waals surface area contributed by atoms with E-state index in [4.69, 9.17) is 9.72 Å². The molecule has 3 N–H and O–H groups in total. The van der Waals surface area contributed by atoms with Crippen LogP contribution in [0.2, 0.25) is 0 Å². The number of aliphatic carboxylic acids is 1. The normalized spacial score (nSPS) is 13.8. The van der Waals surface area contributed by atoms with Gasteiger partial charge in [-0.05, 0) is 68.8 Å². The van der Waals surface area contributed by atoms with Crippen molar-refractivity contribution in [3.05, 3.63) is 54.0 Å². The quantitative estimate of drug-likeness (QED) is 0.291. The molecule has 0 fully saturated rings. The Morgan fingerprint density at radius 1 is 1.17 bits per heavy atom. The van der Waals surface area contributed by atoms with Crippen LogP contribution in [0.5, 0.6) is 0 Å². The Labute approximate surface area is 212 Å². The Morgan fingerprint density at radius 2 is 2.06 bits per heavy atom. The third-order valence-electron chi connectivity index (χ3n) is 6.61. The molecular formula is C27H36N6O3. The summed E-state index contributed by atoms with van der Waals surface area (Å²) < 4.78 is 5.29. The van der Waals surface area contributed by atoms with Crippen molar-refractivity contribution >= 4 is 28.5 Å². The molecule has 0 saturated carbocycles. The first kappa shape index (κ1) is 25.8. The van der Waals surface area contributed by atoms with E-state index in [-0.39, 0.29) is 0 Å². The minimum atomic E-state index is -0.892. The number of fused-ring (bicyclic) bond motifs is 2. The zero-order chi connectivity index (χ0) is 25.2. The van der Waals surface area contributed by atoms with Crippen molar-refractivity contribution in [2.75, 3.05) is 50.5 Å². The van der Waals surface area contributed by atoms with E-state index in [9.17, 15) is 9.90 Å². The van der Waals surface area contributed by atoms with Crippen molar-refractivity contribution in [3.8, 4) is 0 Å². The van der Waals surface area contributed by atoms with Gasteiger partial charge in [-0.3, -0.25) is 0 Å². The van der Waals surface area contributed by atoms with E-state index in [2.05, 4.69) is 37.6 Å². The molecule has 36 heavy (non-hydrogen) atoms. The molecule has 0 amide bonds. The molecule has 3 heterocycles. The summed E-state index contributed by atoms with van der Waals surface area (Å²) in [6.07, 6.45) is 7.16. The fourth-order valence-corrected chi connectivity index (χ4v) is 4.56. The van der Waals surface area contributed by atoms with Gasteiger partial charge in [0.05, 0.1) is 12.1 Å². The molecule has 0 bridgehead atoms. The zero-order valence-electron chi connectivity index (χ0n) is 20.9. The highest BCUT2D eigenvalue weighted by molar-refractivity contribution is 5.90. The monoisotopic (exact) mass is 492 g/mol. The van der Waals surface area contributed by atoms with E-state index in [1.54, 1.807) is 7.11 Å². The van der Waals surface area contributed by atoms with Crippen molar-refractivity contribution in [3.63, 3.8) is 0 Å². The number of unbranched alkanes of at least 4 members (excludes halogenated alkanes) is 1. The van der Waals surface area contributed by atoms with Crippen LogP contribution in [-0.2, 0) is 22.4 Å². The van der Waals surface area contributed by atoms with E-state index < -0.39 is 12.0 Å². The van der Waals surface area contributed by atoms with Gasteiger partial charge in [0.25, 0.3) is 0 Å². The standard InChI is InChI=1S/C27H36N6O3/c1-36-18-17-33(15-5-4-8-21-12-11-20-7-6-14-28-25(20)31-21)16-13-24(27(34)35)32-26-22-9-2-3-10-23(22)29-19-30-26/h2-3,9-12,19,24H,4-8,13-18H2,1H3,(H,28,31)(H,34,35)(H,29,30,32). The van der Waals surface area contributed by atoms with Gasteiger partial charge in [-0.25, -0.2) is 19.7 Å². The molecule has 9 heteroatoms. The number of anilines is 2. The maximum Gasteiger partial charge on any atom is 0.326 e. The highest BCUT2D eigenvalue weighted by atomic mass is 16.5. The Morgan fingerprint density at radius 3 is 2.92 bits per heavy atom. The highest BCUT2D eigenvalue weighted by Crippen LogP contribution is 2.21. The number of aryl methyl sites for hydroxylation is 2. The summed E-state index contributed by atoms with van der Waals surface area (Å²) in [5, 5.41) is 17.2. The van der Waals surface area contributed by atoms with E-state index in [1.807, 2.05) is 24.3 Å². The number of hydrogen-bond donors (Lipinski definition) is 3. The van der Waals surface area contributed by atoms with Gasteiger partial charge in [0.15, 0.2) is 0 Å². The smallest absolute Gasteiger partial charge is 0.326 e. The van der Waals surface area contributed by atoms with Crippen LogP contribution in [0, 0.1) is 0 Å². The summed E-state index contributed by atoms with van der Waals surface area (Å²) in [7, 11) is 1.69. The van der Waals surface area contributed by atoms with Crippen molar-refractivity contribution in [2.45, 2.75) is 44.6 Å². The summed E-state index contributed by atoms with van der Waals surface area (Å²) >= 11 is 0. The second-order valence-corrected chi connectivity index (χ2v) is 9.20. The number of nitrogens with zero attached hydrogens (tertiary/aromatic N) is 4. The number of carboxylic acid groups (broad SMARTS) is 1. The number of carboxylic acids is 1. The van der Waals surface area contributed by atoms with Crippen molar-refractivity contribution < 1.29 is 14.6 Å². The van der Waals surface area contributed by atoms with E-state index >= 15 is 0 Å². The first-order chi connectivity index (χ1) is 17.6. The Bertz CT molecular complexity index is 1140. The van der Waals surface area contributed by atoms with E-state index in [1.165, 1.54) is 18.3 Å². The second kappa shape index (κ2) is 13.1. The number of benzene rings is 1. The number of rotatable bonds is 14. The molecule has 0 aliphatic carbocycles. The number of para-hydroxylation sites is 1. The first-order valence-corrected chi connectivity index (χ1v) is 12.8. The molecule has 1 aliphatic rings. The third-order valence-corrected chi connectivity index (χ3v) is 6.61. The Kier molecular flexibility index (Phi) is 9.40. The molecule has 192 valence electrons. The molecule has 0 spiro atoms. The summed E-state index contributed by atoms with van der Waals surface area (Å²) in [5.74, 6) is 0.698. The fraction of sp³-hybridized carbons (Fsp3) is 0.481. The van der Waals surface area contributed by atoms with Crippen LogP contribution in [0.15, 0.2) is 42.7 Å². The van der Waals surface area contributed by atoms with Gasteiger partial charge in [-0.15, -0.1) is 0 Å². The number of ether oxygens (including phenoxy) is 1. The second-order valence-electron chi connectivity index (χ2n) is 9.20. The molecule has 2 aromatic heterocycles. The van der Waals surface area contributed by atoms with Crippen LogP contribution in [0.1, 0.15) is 36.9 Å². The number of nitrogens with one attached hydrogen (secondary N) is 2. The maximum atomic E-state index is 12.0. The number of hydrogen-bond acceptors (Lipinski definition) is 8. The van der Waals surface area contributed by atoms with Crippen LogP contribution in [-0.4, -0.2) is 76.9 Å². The van der Waals surface area contributed by atoms with Crippen LogP contribution >= 0.6 is 0 Å². The summed E-state index contributed by atoms with van der Waals surface area (Å²) in [4.78, 5) is 27.6. The molecule has 4 rings (SSSR count). The van der Waals surface area contributed by atoms with Gasteiger partial charge in [0, 0.05) is 37.8 Å². The Balaban J connectivity index is 1.29. The Hall–Kier alpha value is -3.30. The van der Waals surface area contributed by atoms with E-state index in [0.29, 0.717) is 25.4 Å². The lowest BCUT2D eigenvalue weighted by atomic mass is 10.1. The molecule has 9 nitrogen and oxygen atoms in total. The maximum absolute atomic E-state index is 12.0. The molecular weight excluding hydrogens is 456 g/mol. The van der Waals surface area contributed by atoms with Gasteiger partial charge >= 0.3 is 5.97 Å². The average Bonchev–Trinajstić information content (AvgIpc) is 2.91. The largest absolute Gasteiger partial charge is 0.480 e. The number of aromatic nitrogens is 3. The van der Waals surface area contributed by atoms with Crippen molar-refractivity contribution in [1.82, 2.24) is 19.9 Å². The number of carbonyl (C=O) groups is 1. The summed E-state index contributed by atoms with van der Waals surface area (Å²) in [6.45, 7) is 3.91. The minimum Gasteiger partial charge on any atom is -0.480 e.